The number of amides is 1. The van der Waals surface area contributed by atoms with Crippen molar-refractivity contribution in [3.8, 4) is 0 Å². The predicted octanol–water partition coefficient (Wildman–Crippen LogP) is 3.39. The van der Waals surface area contributed by atoms with Gasteiger partial charge in [-0.3, -0.25) is 14.9 Å². The maximum atomic E-state index is 12.1. The molecule has 0 bridgehead atoms. The highest BCUT2D eigenvalue weighted by molar-refractivity contribution is 6.33. The number of hydrogen-bond acceptors (Lipinski definition) is 4. The van der Waals surface area contributed by atoms with E-state index in [1.54, 1.807) is 13.0 Å². The molecule has 2 rings (SSSR count). The van der Waals surface area contributed by atoms with Gasteiger partial charge in [-0.25, -0.2) is 0 Å². The van der Waals surface area contributed by atoms with E-state index >= 15 is 0 Å². The normalized spacial score (nSPS) is 10.2. The molecule has 0 radical (unpaired) electrons. The Morgan fingerprint density at radius 3 is 2.62 bits per heavy atom. The number of carbonyl (C=O) groups excluding carboxylic acids is 1. The maximum Gasteiger partial charge on any atom is 0.271 e. The number of nitrogen functional groups attached to an aromatic ring is 1. The minimum atomic E-state index is -0.518. The smallest absolute Gasteiger partial charge is 0.271 e. The van der Waals surface area contributed by atoms with Crippen LogP contribution in [0.3, 0.4) is 0 Å². The van der Waals surface area contributed by atoms with Crippen molar-refractivity contribution in [2.45, 2.75) is 6.92 Å². The fourth-order valence-electron chi connectivity index (χ4n) is 1.74. The van der Waals surface area contributed by atoms with Crippen molar-refractivity contribution in [1.82, 2.24) is 0 Å². The monoisotopic (exact) mass is 305 g/mol. The summed E-state index contributed by atoms with van der Waals surface area (Å²) in [6.45, 7) is 1.75. The van der Waals surface area contributed by atoms with E-state index in [0.717, 1.165) is 5.56 Å². The van der Waals surface area contributed by atoms with Gasteiger partial charge < -0.3 is 11.1 Å². The number of rotatable bonds is 3. The van der Waals surface area contributed by atoms with Crippen LogP contribution in [-0.2, 0) is 0 Å². The van der Waals surface area contributed by atoms with E-state index in [0.29, 0.717) is 22.0 Å². The number of hydrogen-bond donors (Lipinski definition) is 2. The van der Waals surface area contributed by atoms with E-state index in [2.05, 4.69) is 5.32 Å². The quantitative estimate of drug-likeness (QED) is 0.516. The van der Waals surface area contributed by atoms with Crippen molar-refractivity contribution in [1.29, 1.82) is 0 Å². The first kappa shape index (κ1) is 14.8. The van der Waals surface area contributed by atoms with Gasteiger partial charge in [0.15, 0.2) is 0 Å². The van der Waals surface area contributed by atoms with Crippen molar-refractivity contribution in [3.63, 3.8) is 0 Å². The zero-order chi connectivity index (χ0) is 15.6. The Labute approximate surface area is 125 Å². The molecule has 0 aliphatic heterocycles. The molecular formula is C14H12ClN3O3. The van der Waals surface area contributed by atoms with Crippen molar-refractivity contribution in [2.24, 2.45) is 0 Å². The first-order valence-corrected chi connectivity index (χ1v) is 6.37. The van der Waals surface area contributed by atoms with Gasteiger partial charge in [-0.2, -0.15) is 0 Å². The Hall–Kier alpha value is -2.60. The highest BCUT2D eigenvalue weighted by Crippen LogP contribution is 2.24. The van der Waals surface area contributed by atoms with Crippen LogP contribution in [0, 0.1) is 17.0 Å². The molecule has 0 aromatic heterocycles. The summed E-state index contributed by atoms with van der Waals surface area (Å²) in [6, 6.07) is 8.76. The number of nitrogens with zero attached hydrogens (tertiary/aromatic N) is 1. The zero-order valence-corrected chi connectivity index (χ0v) is 11.8. The molecule has 0 atom stereocenters. The summed E-state index contributed by atoms with van der Waals surface area (Å²) in [5, 5.41) is 13.7. The molecule has 0 saturated heterocycles. The second-order valence-electron chi connectivity index (χ2n) is 4.45. The summed E-state index contributed by atoms with van der Waals surface area (Å²) in [5.41, 5.74) is 7.26. The van der Waals surface area contributed by atoms with Crippen LogP contribution >= 0.6 is 11.6 Å². The fourth-order valence-corrected chi connectivity index (χ4v) is 1.86. The Bertz CT molecular complexity index is 731. The van der Waals surface area contributed by atoms with Crippen LogP contribution in [0.25, 0.3) is 0 Å². The summed E-state index contributed by atoms with van der Waals surface area (Å²) in [5.74, 6) is -0.415. The third-order valence-electron chi connectivity index (χ3n) is 2.94. The second-order valence-corrected chi connectivity index (χ2v) is 4.85. The van der Waals surface area contributed by atoms with Crippen LogP contribution in [0.2, 0.25) is 5.02 Å². The lowest BCUT2D eigenvalue weighted by atomic mass is 10.1. The fraction of sp³-hybridized carbons (Fsp3) is 0.0714. The van der Waals surface area contributed by atoms with Gasteiger partial charge in [0.2, 0.25) is 0 Å². The summed E-state index contributed by atoms with van der Waals surface area (Å²) < 4.78 is 0. The van der Waals surface area contributed by atoms with Crippen LogP contribution < -0.4 is 11.1 Å². The number of non-ortho nitro benzene ring substituents is 1. The van der Waals surface area contributed by atoms with Crippen molar-refractivity contribution >= 4 is 34.6 Å². The molecule has 0 unspecified atom stereocenters. The van der Waals surface area contributed by atoms with Gasteiger partial charge >= 0.3 is 0 Å². The lowest BCUT2D eigenvalue weighted by Crippen LogP contribution is -2.13. The number of nitro groups is 1. The van der Waals surface area contributed by atoms with E-state index in [1.165, 1.54) is 30.3 Å². The van der Waals surface area contributed by atoms with Gasteiger partial charge in [0.25, 0.3) is 11.6 Å². The number of halogens is 1. The third kappa shape index (κ3) is 3.29. The number of anilines is 2. The van der Waals surface area contributed by atoms with E-state index < -0.39 is 10.8 Å². The highest BCUT2D eigenvalue weighted by Gasteiger charge is 2.13. The summed E-state index contributed by atoms with van der Waals surface area (Å²) >= 11 is 5.79. The first-order valence-electron chi connectivity index (χ1n) is 6.00. The summed E-state index contributed by atoms with van der Waals surface area (Å²) in [4.78, 5) is 22.4. The van der Waals surface area contributed by atoms with Gasteiger partial charge in [0, 0.05) is 17.7 Å². The van der Waals surface area contributed by atoms with Crippen LogP contribution in [0.5, 0.6) is 0 Å². The van der Waals surface area contributed by atoms with Crippen molar-refractivity contribution in [3.05, 3.63) is 62.7 Å². The average molecular weight is 306 g/mol. The molecule has 6 nitrogen and oxygen atoms in total. The summed E-state index contributed by atoms with van der Waals surface area (Å²) in [7, 11) is 0. The molecule has 0 spiro atoms. The van der Waals surface area contributed by atoms with Gasteiger partial charge in [-0.05, 0) is 30.7 Å². The second kappa shape index (κ2) is 5.80. The van der Waals surface area contributed by atoms with Gasteiger partial charge in [0.05, 0.1) is 21.3 Å². The largest absolute Gasteiger partial charge is 0.398 e. The maximum absolute atomic E-state index is 12.1. The number of nitrogens with two attached hydrogens (primary N) is 1. The number of nitrogens with one attached hydrogen (secondary N) is 1. The molecular weight excluding hydrogens is 294 g/mol. The molecule has 21 heavy (non-hydrogen) atoms. The van der Waals surface area contributed by atoms with Gasteiger partial charge in [-0.15, -0.1) is 0 Å². The zero-order valence-electron chi connectivity index (χ0n) is 11.1. The molecule has 0 fully saturated rings. The standard InChI is InChI=1S/C14H12ClN3O3/c1-8-2-4-10(18(20)21)7-13(8)17-14(19)9-3-5-11(15)12(16)6-9/h2-7H,16H2,1H3,(H,17,19). The van der Waals surface area contributed by atoms with E-state index in [9.17, 15) is 14.9 Å². The van der Waals surface area contributed by atoms with E-state index in [1.807, 2.05) is 0 Å². The molecule has 1 amide bonds. The molecule has 3 N–H and O–H groups in total. The van der Waals surface area contributed by atoms with Crippen molar-refractivity contribution < 1.29 is 9.72 Å². The lowest BCUT2D eigenvalue weighted by molar-refractivity contribution is -0.384. The summed E-state index contributed by atoms with van der Waals surface area (Å²) in [6.07, 6.45) is 0. The van der Waals surface area contributed by atoms with Crippen LogP contribution in [-0.4, -0.2) is 10.8 Å². The minimum absolute atomic E-state index is 0.0912. The Morgan fingerprint density at radius 2 is 2.00 bits per heavy atom. The molecule has 0 aliphatic carbocycles. The molecule has 2 aromatic rings. The third-order valence-corrected chi connectivity index (χ3v) is 3.28. The minimum Gasteiger partial charge on any atom is -0.398 e. The van der Waals surface area contributed by atoms with Crippen LogP contribution in [0.1, 0.15) is 15.9 Å². The lowest BCUT2D eigenvalue weighted by Gasteiger charge is -2.09. The topological polar surface area (TPSA) is 98.3 Å². The molecule has 108 valence electrons. The van der Waals surface area contributed by atoms with Crippen LogP contribution in [0.4, 0.5) is 17.1 Å². The number of aryl methyl sites for hydroxylation is 1. The first-order chi connectivity index (χ1) is 9.88. The number of carbonyl (C=O) groups is 1. The molecule has 7 heteroatoms. The Kier molecular flexibility index (Phi) is 4.09. The van der Waals surface area contributed by atoms with E-state index in [4.69, 9.17) is 17.3 Å². The number of nitro benzene ring substituents is 1. The Balaban J connectivity index is 2.28. The molecule has 0 aliphatic rings. The van der Waals surface area contributed by atoms with Crippen LogP contribution in [0.15, 0.2) is 36.4 Å². The van der Waals surface area contributed by atoms with E-state index in [-0.39, 0.29) is 5.69 Å². The van der Waals surface area contributed by atoms with Gasteiger partial charge in [0.1, 0.15) is 0 Å². The number of benzene rings is 2. The molecule has 2 aromatic carbocycles. The average Bonchev–Trinajstić information content (AvgIpc) is 2.43. The predicted molar refractivity (Wildman–Crippen MR) is 81.7 cm³/mol. The highest BCUT2D eigenvalue weighted by atomic mass is 35.5. The van der Waals surface area contributed by atoms with Crippen molar-refractivity contribution in [2.75, 3.05) is 11.1 Å². The Morgan fingerprint density at radius 1 is 1.29 bits per heavy atom. The SMILES string of the molecule is Cc1ccc([N+](=O)[O-])cc1NC(=O)c1ccc(Cl)c(N)c1. The molecule has 0 saturated carbocycles. The van der Waals surface area contributed by atoms with Gasteiger partial charge in [-0.1, -0.05) is 17.7 Å². The molecule has 0 heterocycles.